The Morgan fingerprint density at radius 3 is 2.84 bits per heavy atom. The van der Waals surface area contributed by atoms with Crippen molar-refractivity contribution in [3.63, 3.8) is 0 Å². The van der Waals surface area contributed by atoms with Crippen LogP contribution in [0.3, 0.4) is 0 Å². The smallest absolute Gasteiger partial charge is 0.325 e. The third kappa shape index (κ3) is 3.54. The molecule has 1 aromatic heterocycles. The molecule has 7 heteroatoms. The van der Waals surface area contributed by atoms with E-state index in [1.165, 1.54) is 9.75 Å². The number of hydrogen-bond donors (Lipinski definition) is 2. The van der Waals surface area contributed by atoms with E-state index in [9.17, 15) is 14.4 Å². The SMILES string of the molecule is Cc1ccc(CCNC(=O)CN2C(=O)CNC2=O)s1. The predicted molar refractivity (Wildman–Crippen MR) is 70.9 cm³/mol. The Balaban J connectivity index is 1.73. The van der Waals surface area contributed by atoms with Crippen molar-refractivity contribution < 1.29 is 14.4 Å². The highest BCUT2D eigenvalue weighted by Gasteiger charge is 2.29. The first-order valence-electron chi connectivity index (χ1n) is 5.96. The number of nitrogens with one attached hydrogen (secondary N) is 2. The van der Waals surface area contributed by atoms with Gasteiger partial charge in [-0.1, -0.05) is 0 Å². The monoisotopic (exact) mass is 281 g/mol. The largest absolute Gasteiger partial charge is 0.354 e. The van der Waals surface area contributed by atoms with Crippen molar-refractivity contribution in [1.82, 2.24) is 15.5 Å². The average molecular weight is 281 g/mol. The Hall–Kier alpha value is -1.89. The fourth-order valence-electron chi connectivity index (χ4n) is 1.76. The lowest BCUT2D eigenvalue weighted by Crippen LogP contribution is -2.41. The number of rotatable bonds is 5. The zero-order chi connectivity index (χ0) is 13.8. The molecule has 0 aliphatic carbocycles. The Morgan fingerprint density at radius 2 is 2.26 bits per heavy atom. The second kappa shape index (κ2) is 5.83. The Morgan fingerprint density at radius 1 is 1.47 bits per heavy atom. The summed E-state index contributed by atoms with van der Waals surface area (Å²) in [6, 6.07) is 3.56. The minimum Gasteiger partial charge on any atom is -0.354 e. The van der Waals surface area contributed by atoms with Crippen LogP contribution in [0.15, 0.2) is 12.1 Å². The number of aryl methyl sites for hydroxylation is 1. The highest BCUT2D eigenvalue weighted by Crippen LogP contribution is 2.14. The van der Waals surface area contributed by atoms with Crippen molar-refractivity contribution >= 4 is 29.2 Å². The molecular formula is C12H15N3O3S. The van der Waals surface area contributed by atoms with Crippen LogP contribution in [-0.2, 0) is 16.0 Å². The molecule has 1 fully saturated rings. The van der Waals surface area contributed by atoms with Crippen molar-refractivity contribution in [2.45, 2.75) is 13.3 Å². The second-order valence-electron chi connectivity index (χ2n) is 4.25. The first-order valence-corrected chi connectivity index (χ1v) is 6.78. The average Bonchev–Trinajstić information content (AvgIpc) is 2.90. The molecular weight excluding hydrogens is 266 g/mol. The summed E-state index contributed by atoms with van der Waals surface area (Å²) in [6.07, 6.45) is 0.754. The van der Waals surface area contributed by atoms with E-state index in [2.05, 4.69) is 10.6 Å². The van der Waals surface area contributed by atoms with Crippen LogP contribution in [0.1, 0.15) is 9.75 Å². The molecule has 0 saturated carbocycles. The van der Waals surface area contributed by atoms with Crippen LogP contribution in [-0.4, -0.2) is 42.4 Å². The Bertz CT molecular complexity index is 496. The van der Waals surface area contributed by atoms with Gasteiger partial charge in [-0.15, -0.1) is 11.3 Å². The fourth-order valence-corrected chi connectivity index (χ4v) is 2.65. The molecule has 0 spiro atoms. The standard InChI is InChI=1S/C12H15N3O3S/c1-8-2-3-9(19-8)4-5-13-10(16)7-15-11(17)6-14-12(15)18/h2-3H,4-7H2,1H3,(H,13,16)(H,14,18). The van der Waals surface area contributed by atoms with Crippen molar-refractivity contribution in [2.24, 2.45) is 0 Å². The molecule has 0 radical (unpaired) electrons. The second-order valence-corrected chi connectivity index (χ2v) is 5.62. The predicted octanol–water partition coefficient (Wildman–Crippen LogP) is 0.267. The van der Waals surface area contributed by atoms with Crippen LogP contribution < -0.4 is 10.6 Å². The lowest BCUT2D eigenvalue weighted by Gasteiger charge is -2.11. The van der Waals surface area contributed by atoms with Gasteiger partial charge in [0.25, 0.3) is 5.91 Å². The van der Waals surface area contributed by atoms with Gasteiger partial charge in [0.1, 0.15) is 6.54 Å². The van der Waals surface area contributed by atoms with Crippen molar-refractivity contribution in [3.05, 3.63) is 21.9 Å². The summed E-state index contributed by atoms with van der Waals surface area (Å²) >= 11 is 1.69. The molecule has 0 bridgehead atoms. The van der Waals surface area contributed by atoms with Crippen LogP contribution >= 0.6 is 11.3 Å². The zero-order valence-electron chi connectivity index (χ0n) is 10.6. The number of urea groups is 1. The van der Waals surface area contributed by atoms with E-state index >= 15 is 0 Å². The first-order chi connectivity index (χ1) is 9.06. The van der Waals surface area contributed by atoms with E-state index in [-0.39, 0.29) is 24.9 Å². The van der Waals surface area contributed by atoms with Gasteiger partial charge in [0, 0.05) is 16.3 Å². The number of amides is 4. The lowest BCUT2D eigenvalue weighted by molar-refractivity contribution is -0.130. The maximum atomic E-state index is 11.6. The normalized spacial score (nSPS) is 14.7. The Labute approximate surface area is 114 Å². The number of carbonyl (C=O) groups is 3. The maximum absolute atomic E-state index is 11.6. The summed E-state index contributed by atoms with van der Waals surface area (Å²) in [6.45, 7) is 2.29. The third-order valence-corrected chi connectivity index (χ3v) is 3.79. The lowest BCUT2D eigenvalue weighted by atomic mass is 10.3. The highest BCUT2D eigenvalue weighted by atomic mass is 32.1. The van der Waals surface area contributed by atoms with Crippen molar-refractivity contribution in [3.8, 4) is 0 Å². The van der Waals surface area contributed by atoms with Crippen LogP contribution in [0, 0.1) is 6.92 Å². The fraction of sp³-hybridized carbons (Fsp3) is 0.417. The van der Waals surface area contributed by atoms with E-state index in [1.54, 1.807) is 11.3 Å². The van der Waals surface area contributed by atoms with E-state index in [1.807, 2.05) is 19.1 Å². The highest BCUT2D eigenvalue weighted by molar-refractivity contribution is 7.11. The molecule has 1 aromatic rings. The molecule has 0 atom stereocenters. The number of carbonyl (C=O) groups excluding carboxylic acids is 3. The van der Waals surface area contributed by atoms with Crippen molar-refractivity contribution in [1.29, 1.82) is 0 Å². The molecule has 1 aliphatic rings. The molecule has 1 aliphatic heterocycles. The third-order valence-electron chi connectivity index (χ3n) is 2.73. The van der Waals surface area contributed by atoms with E-state index in [0.29, 0.717) is 6.54 Å². The molecule has 4 amide bonds. The minimum atomic E-state index is -0.506. The molecule has 2 rings (SSSR count). The first kappa shape index (κ1) is 13.5. The van der Waals surface area contributed by atoms with Gasteiger partial charge in [0.15, 0.2) is 0 Å². The van der Waals surface area contributed by atoms with Gasteiger partial charge in [-0.25, -0.2) is 4.79 Å². The van der Waals surface area contributed by atoms with Gasteiger partial charge in [0.2, 0.25) is 5.91 Å². The topological polar surface area (TPSA) is 78.5 Å². The quantitative estimate of drug-likeness (QED) is 0.760. The summed E-state index contributed by atoms with van der Waals surface area (Å²) < 4.78 is 0. The van der Waals surface area contributed by atoms with Crippen LogP contribution in [0.25, 0.3) is 0 Å². The number of nitrogens with zero attached hydrogens (tertiary/aromatic N) is 1. The summed E-state index contributed by atoms with van der Waals surface area (Å²) in [4.78, 5) is 37.5. The van der Waals surface area contributed by atoms with E-state index in [4.69, 9.17) is 0 Å². The number of hydrogen-bond acceptors (Lipinski definition) is 4. The van der Waals surface area contributed by atoms with Crippen LogP contribution in [0.4, 0.5) is 4.79 Å². The molecule has 0 unspecified atom stereocenters. The summed E-state index contributed by atoms with van der Waals surface area (Å²) in [7, 11) is 0. The minimum absolute atomic E-state index is 0.0272. The summed E-state index contributed by atoms with van der Waals surface area (Å²) in [5.74, 6) is -0.687. The van der Waals surface area contributed by atoms with Gasteiger partial charge in [-0.3, -0.25) is 14.5 Å². The number of thiophene rings is 1. The van der Waals surface area contributed by atoms with E-state index < -0.39 is 6.03 Å². The summed E-state index contributed by atoms with van der Waals surface area (Å²) in [5.41, 5.74) is 0. The van der Waals surface area contributed by atoms with Gasteiger partial charge in [-0.05, 0) is 25.5 Å². The van der Waals surface area contributed by atoms with E-state index in [0.717, 1.165) is 11.3 Å². The van der Waals surface area contributed by atoms with Gasteiger partial charge in [0.05, 0.1) is 6.54 Å². The van der Waals surface area contributed by atoms with Crippen LogP contribution in [0.5, 0.6) is 0 Å². The molecule has 102 valence electrons. The molecule has 6 nitrogen and oxygen atoms in total. The zero-order valence-corrected chi connectivity index (χ0v) is 11.4. The molecule has 2 N–H and O–H groups in total. The molecule has 19 heavy (non-hydrogen) atoms. The van der Waals surface area contributed by atoms with Crippen LogP contribution in [0.2, 0.25) is 0 Å². The van der Waals surface area contributed by atoms with Gasteiger partial charge >= 0.3 is 6.03 Å². The molecule has 2 heterocycles. The van der Waals surface area contributed by atoms with Gasteiger partial charge in [-0.2, -0.15) is 0 Å². The Kier molecular flexibility index (Phi) is 4.16. The molecule has 0 aromatic carbocycles. The maximum Gasteiger partial charge on any atom is 0.325 e. The van der Waals surface area contributed by atoms with Gasteiger partial charge < -0.3 is 10.6 Å². The number of imide groups is 1. The summed E-state index contributed by atoms with van der Waals surface area (Å²) in [5, 5.41) is 5.07. The molecule has 1 saturated heterocycles. The van der Waals surface area contributed by atoms with Crippen molar-refractivity contribution in [2.75, 3.05) is 19.6 Å².